The van der Waals surface area contributed by atoms with Crippen LogP contribution in [0.5, 0.6) is 0 Å². The van der Waals surface area contributed by atoms with Gasteiger partial charge in [-0.2, -0.15) is 0 Å². The maximum atomic E-state index is 12.1. The molecule has 2 aromatic heterocycles. The summed E-state index contributed by atoms with van der Waals surface area (Å²) in [5, 5.41) is 6.10. The second kappa shape index (κ2) is 7.88. The Morgan fingerprint density at radius 3 is 2.88 bits per heavy atom. The lowest BCUT2D eigenvalue weighted by atomic mass is 10.3. The van der Waals surface area contributed by atoms with E-state index in [1.165, 1.54) is 9.58 Å². The number of nitrogens with one attached hydrogen (secondary N) is 1. The summed E-state index contributed by atoms with van der Waals surface area (Å²) in [7, 11) is 1.97. The molecule has 1 N–H and O–H groups in total. The Bertz CT molecular complexity index is 765. The molecule has 0 aliphatic heterocycles. The molecule has 0 saturated carbocycles. The van der Waals surface area contributed by atoms with E-state index in [1.54, 1.807) is 22.7 Å². The molecule has 3 aromatic rings. The molecule has 0 aliphatic rings. The monoisotopic (exact) mass is 359 g/mol. The molecule has 24 heavy (non-hydrogen) atoms. The molecular weight excluding hydrogens is 338 g/mol. The van der Waals surface area contributed by atoms with Gasteiger partial charge in [0.2, 0.25) is 5.91 Å². The van der Waals surface area contributed by atoms with Crippen LogP contribution in [0.15, 0.2) is 41.8 Å². The number of benzene rings is 1. The Labute approximate surface area is 150 Å². The van der Waals surface area contributed by atoms with Gasteiger partial charge in [0.05, 0.1) is 22.8 Å². The van der Waals surface area contributed by atoms with Gasteiger partial charge in [0, 0.05) is 11.4 Å². The summed E-state index contributed by atoms with van der Waals surface area (Å²) in [6, 6.07) is 12.4. The minimum atomic E-state index is 0.0574. The number of aromatic nitrogens is 1. The van der Waals surface area contributed by atoms with Gasteiger partial charge in [-0.05, 0) is 44.0 Å². The minimum Gasteiger partial charge on any atom is -0.355 e. The number of thiophene rings is 1. The predicted octanol–water partition coefficient (Wildman–Crippen LogP) is 3.71. The highest BCUT2D eigenvalue weighted by Crippen LogP contribution is 2.28. The van der Waals surface area contributed by atoms with Gasteiger partial charge in [-0.1, -0.05) is 18.2 Å². The van der Waals surface area contributed by atoms with Gasteiger partial charge < -0.3 is 5.32 Å². The Kier molecular flexibility index (Phi) is 5.60. The number of likely N-dealkylation sites (N-methyl/N-ethyl adjacent to an activating group) is 1. The lowest BCUT2D eigenvalue weighted by Gasteiger charge is -2.22. The lowest BCUT2D eigenvalue weighted by molar-refractivity contribution is -0.122. The highest BCUT2D eigenvalue weighted by molar-refractivity contribution is 7.18. The van der Waals surface area contributed by atoms with Crippen LogP contribution in [0.25, 0.3) is 10.2 Å². The van der Waals surface area contributed by atoms with Crippen LogP contribution < -0.4 is 5.32 Å². The van der Waals surface area contributed by atoms with Crippen molar-refractivity contribution in [3.63, 3.8) is 0 Å². The van der Waals surface area contributed by atoms with Crippen LogP contribution in [-0.2, 0) is 11.2 Å². The third-order valence-electron chi connectivity index (χ3n) is 4.00. The first-order valence-corrected chi connectivity index (χ1v) is 9.68. The molecule has 0 bridgehead atoms. The Hall–Kier alpha value is -1.76. The number of amides is 1. The lowest BCUT2D eigenvalue weighted by Crippen LogP contribution is -2.37. The van der Waals surface area contributed by atoms with Gasteiger partial charge in [0.25, 0.3) is 0 Å². The van der Waals surface area contributed by atoms with E-state index in [2.05, 4.69) is 34.7 Å². The van der Waals surface area contributed by atoms with E-state index >= 15 is 0 Å². The second-order valence-electron chi connectivity index (χ2n) is 5.79. The number of carbonyl (C=O) groups excluding carboxylic acids is 1. The molecule has 1 aromatic carbocycles. The summed E-state index contributed by atoms with van der Waals surface area (Å²) in [5.74, 6) is 0.0574. The van der Waals surface area contributed by atoms with E-state index in [1.807, 2.05) is 36.2 Å². The molecule has 0 spiro atoms. The van der Waals surface area contributed by atoms with E-state index in [9.17, 15) is 4.79 Å². The number of nitrogens with zero attached hydrogens (tertiary/aromatic N) is 2. The molecule has 126 valence electrons. The SMILES string of the molecule is C[C@H](c1nc2ccccc2s1)N(C)CC(=O)NCCc1cccs1. The summed E-state index contributed by atoms with van der Waals surface area (Å²) >= 11 is 3.42. The van der Waals surface area contributed by atoms with Gasteiger partial charge in [0.1, 0.15) is 5.01 Å². The molecule has 3 rings (SSSR count). The smallest absolute Gasteiger partial charge is 0.234 e. The van der Waals surface area contributed by atoms with Crippen molar-refractivity contribution in [2.24, 2.45) is 0 Å². The average Bonchev–Trinajstić information content (AvgIpc) is 3.23. The van der Waals surface area contributed by atoms with Crippen LogP contribution in [0.2, 0.25) is 0 Å². The van der Waals surface area contributed by atoms with E-state index in [-0.39, 0.29) is 11.9 Å². The fraction of sp³-hybridized carbons (Fsp3) is 0.333. The zero-order valence-corrected chi connectivity index (χ0v) is 15.5. The van der Waals surface area contributed by atoms with E-state index in [4.69, 9.17) is 0 Å². The quantitative estimate of drug-likeness (QED) is 0.699. The van der Waals surface area contributed by atoms with Crippen molar-refractivity contribution >= 4 is 38.8 Å². The third-order valence-corrected chi connectivity index (χ3v) is 6.14. The fourth-order valence-electron chi connectivity index (χ4n) is 2.46. The van der Waals surface area contributed by atoms with Gasteiger partial charge in [0.15, 0.2) is 0 Å². The molecule has 1 amide bonds. The predicted molar refractivity (Wildman–Crippen MR) is 102 cm³/mol. The van der Waals surface area contributed by atoms with Gasteiger partial charge in [-0.25, -0.2) is 4.98 Å². The number of carbonyl (C=O) groups is 1. The number of fused-ring (bicyclic) bond motifs is 1. The first-order chi connectivity index (χ1) is 11.6. The summed E-state index contributed by atoms with van der Waals surface area (Å²) in [5.41, 5.74) is 1.03. The fourth-order valence-corrected chi connectivity index (χ4v) is 4.25. The van der Waals surface area contributed by atoms with Gasteiger partial charge in [-0.3, -0.25) is 9.69 Å². The molecule has 0 saturated heterocycles. The Morgan fingerprint density at radius 1 is 1.29 bits per heavy atom. The van der Waals surface area contributed by atoms with Crippen LogP contribution in [0, 0.1) is 0 Å². The van der Waals surface area contributed by atoms with Crippen molar-refractivity contribution in [2.75, 3.05) is 20.1 Å². The van der Waals surface area contributed by atoms with E-state index < -0.39 is 0 Å². The topological polar surface area (TPSA) is 45.2 Å². The van der Waals surface area contributed by atoms with Crippen molar-refractivity contribution in [3.8, 4) is 0 Å². The molecule has 1 atom stereocenters. The molecule has 4 nitrogen and oxygen atoms in total. The molecule has 0 fully saturated rings. The summed E-state index contributed by atoms with van der Waals surface area (Å²) in [4.78, 5) is 20.1. The van der Waals surface area contributed by atoms with Crippen LogP contribution in [-0.4, -0.2) is 35.9 Å². The first kappa shape index (κ1) is 17.1. The second-order valence-corrected chi connectivity index (χ2v) is 7.88. The minimum absolute atomic E-state index is 0.0574. The molecule has 0 aliphatic carbocycles. The van der Waals surface area contributed by atoms with Crippen LogP contribution in [0.1, 0.15) is 22.9 Å². The van der Waals surface area contributed by atoms with Crippen LogP contribution >= 0.6 is 22.7 Å². The van der Waals surface area contributed by atoms with Crippen molar-refractivity contribution in [1.82, 2.24) is 15.2 Å². The van der Waals surface area contributed by atoms with Crippen LogP contribution in [0.3, 0.4) is 0 Å². The normalized spacial score (nSPS) is 12.6. The maximum Gasteiger partial charge on any atom is 0.234 e. The zero-order chi connectivity index (χ0) is 16.9. The van der Waals surface area contributed by atoms with E-state index in [0.29, 0.717) is 13.1 Å². The van der Waals surface area contributed by atoms with Crippen molar-refractivity contribution < 1.29 is 4.79 Å². The van der Waals surface area contributed by atoms with Crippen LogP contribution in [0.4, 0.5) is 0 Å². The highest BCUT2D eigenvalue weighted by Gasteiger charge is 2.18. The summed E-state index contributed by atoms with van der Waals surface area (Å²) in [6.07, 6.45) is 0.889. The molecule has 2 heterocycles. The number of rotatable bonds is 7. The number of hydrogen-bond donors (Lipinski definition) is 1. The summed E-state index contributed by atoms with van der Waals surface area (Å²) < 4.78 is 1.19. The molecular formula is C18H21N3OS2. The zero-order valence-electron chi connectivity index (χ0n) is 13.9. The number of para-hydroxylation sites is 1. The standard InChI is InChI=1S/C18H21N3OS2/c1-13(18-20-15-7-3-4-8-16(15)24-18)21(2)12-17(22)19-10-9-14-6-5-11-23-14/h3-8,11,13H,9-10,12H2,1-2H3,(H,19,22)/t13-/m1/s1. The van der Waals surface area contributed by atoms with Crippen molar-refractivity contribution in [2.45, 2.75) is 19.4 Å². The van der Waals surface area contributed by atoms with Crippen molar-refractivity contribution in [1.29, 1.82) is 0 Å². The third kappa shape index (κ3) is 4.20. The Balaban J connectivity index is 1.51. The Morgan fingerprint density at radius 2 is 2.12 bits per heavy atom. The van der Waals surface area contributed by atoms with E-state index in [0.717, 1.165) is 16.9 Å². The van der Waals surface area contributed by atoms with Gasteiger partial charge in [-0.15, -0.1) is 22.7 Å². The number of hydrogen-bond acceptors (Lipinski definition) is 5. The van der Waals surface area contributed by atoms with Crippen molar-refractivity contribution in [3.05, 3.63) is 51.7 Å². The highest BCUT2D eigenvalue weighted by atomic mass is 32.1. The largest absolute Gasteiger partial charge is 0.355 e. The molecule has 0 unspecified atom stereocenters. The maximum absolute atomic E-state index is 12.1. The molecule has 6 heteroatoms. The first-order valence-electron chi connectivity index (χ1n) is 7.98. The summed E-state index contributed by atoms with van der Waals surface area (Å²) in [6.45, 7) is 3.15. The van der Waals surface area contributed by atoms with Gasteiger partial charge >= 0.3 is 0 Å². The number of thiazole rings is 1. The molecule has 0 radical (unpaired) electrons. The average molecular weight is 360 g/mol.